The molecule has 2 aromatic heterocycles. The molecule has 178 valence electrons. The van der Waals surface area contributed by atoms with Gasteiger partial charge in [-0.2, -0.15) is 9.13 Å². The Hall–Kier alpha value is -3.54. The summed E-state index contributed by atoms with van der Waals surface area (Å²) in [5.41, 5.74) is 3.68. The molecule has 0 fully saturated rings. The van der Waals surface area contributed by atoms with E-state index in [1.807, 2.05) is 100.0 Å². The van der Waals surface area contributed by atoms with Crippen molar-refractivity contribution in [3.63, 3.8) is 0 Å². The Morgan fingerprint density at radius 3 is 1.35 bits per heavy atom. The highest BCUT2D eigenvalue weighted by molar-refractivity contribution is 5.94. The van der Waals surface area contributed by atoms with Crippen molar-refractivity contribution >= 4 is 11.8 Å². The first-order valence-electron chi connectivity index (χ1n) is 11.8. The first kappa shape index (κ1) is 25.1. The normalized spacial score (nSPS) is 11.1. The van der Waals surface area contributed by atoms with Crippen molar-refractivity contribution in [1.29, 1.82) is 0 Å². The van der Waals surface area contributed by atoms with Gasteiger partial charge in [-0.25, -0.2) is 0 Å². The highest BCUT2D eigenvalue weighted by Crippen LogP contribution is 2.08. The van der Waals surface area contributed by atoms with Gasteiger partial charge in [-0.3, -0.25) is 9.59 Å². The van der Waals surface area contributed by atoms with E-state index in [-0.39, 0.29) is 23.9 Å². The molecule has 0 aliphatic carbocycles. The second-order valence-electron chi connectivity index (χ2n) is 9.37. The van der Waals surface area contributed by atoms with Crippen LogP contribution in [0.1, 0.15) is 59.5 Å². The molecule has 6 heteroatoms. The molecule has 2 heterocycles. The number of aromatic nitrogens is 2. The Morgan fingerprint density at radius 1 is 0.676 bits per heavy atom. The average molecular weight is 461 g/mol. The van der Waals surface area contributed by atoms with E-state index in [9.17, 15) is 9.59 Å². The molecule has 0 aliphatic heterocycles. The molecule has 0 spiro atoms. The van der Waals surface area contributed by atoms with Crippen LogP contribution in [-0.2, 0) is 13.1 Å². The molecule has 3 aromatic rings. The van der Waals surface area contributed by atoms with E-state index in [1.54, 1.807) is 9.80 Å². The maximum absolute atomic E-state index is 12.6. The summed E-state index contributed by atoms with van der Waals surface area (Å²) >= 11 is 0. The van der Waals surface area contributed by atoms with E-state index in [4.69, 9.17) is 0 Å². The first-order valence-corrected chi connectivity index (χ1v) is 11.8. The summed E-state index contributed by atoms with van der Waals surface area (Å²) in [4.78, 5) is 28.8. The van der Waals surface area contributed by atoms with Gasteiger partial charge in [0, 0.05) is 49.4 Å². The number of hydrogen-bond acceptors (Lipinski definition) is 2. The van der Waals surface area contributed by atoms with Crippen LogP contribution in [0.4, 0.5) is 0 Å². The third-order valence-corrected chi connectivity index (χ3v) is 6.15. The molecule has 2 amide bonds. The quantitative estimate of drug-likeness (QED) is 0.484. The van der Waals surface area contributed by atoms with Gasteiger partial charge in [-0.15, -0.1) is 0 Å². The van der Waals surface area contributed by atoms with E-state index in [1.165, 1.54) is 0 Å². The maximum Gasteiger partial charge on any atom is 0.259 e. The van der Waals surface area contributed by atoms with Gasteiger partial charge in [0.15, 0.2) is 37.9 Å². The molecule has 0 unspecified atom stereocenters. The van der Waals surface area contributed by atoms with E-state index in [2.05, 4.69) is 24.3 Å². The van der Waals surface area contributed by atoms with Crippen molar-refractivity contribution in [3.8, 4) is 0 Å². The molecule has 0 saturated heterocycles. The molecule has 34 heavy (non-hydrogen) atoms. The zero-order valence-electron chi connectivity index (χ0n) is 21.1. The highest BCUT2D eigenvalue weighted by Gasteiger charge is 2.19. The first-order chi connectivity index (χ1) is 16.2. The molecule has 3 rings (SSSR count). The maximum atomic E-state index is 12.6. The molecule has 6 nitrogen and oxygen atoms in total. The van der Waals surface area contributed by atoms with Crippen molar-refractivity contribution in [2.24, 2.45) is 0 Å². The largest absolute Gasteiger partial charge is 0.339 e. The number of amides is 2. The molecule has 0 atom stereocenters. The summed E-state index contributed by atoms with van der Waals surface area (Å²) in [6.45, 7) is 9.40. The minimum absolute atomic E-state index is 0.0250. The van der Waals surface area contributed by atoms with Gasteiger partial charge < -0.3 is 9.80 Å². The van der Waals surface area contributed by atoms with Crippen LogP contribution < -0.4 is 9.13 Å². The smallest absolute Gasteiger partial charge is 0.259 e. The summed E-state index contributed by atoms with van der Waals surface area (Å²) in [5, 5.41) is 0. The zero-order valence-corrected chi connectivity index (χ0v) is 21.1. The number of carbonyl (C=O) groups is 2. The van der Waals surface area contributed by atoms with Crippen LogP contribution in [0.25, 0.3) is 0 Å². The SMILES string of the molecule is CC(C)N(C)C(=O)c1ccc[n+](Cc2ccc(C[n+]3cccc(C(=O)N(C)C(C)C)c3)cc2)c1. The second-order valence-corrected chi connectivity index (χ2v) is 9.37. The molecule has 0 radical (unpaired) electrons. The Balaban J connectivity index is 1.68. The van der Waals surface area contributed by atoms with Gasteiger partial charge in [0.1, 0.15) is 11.1 Å². The van der Waals surface area contributed by atoms with Gasteiger partial charge in [-0.05, 0) is 39.8 Å². The van der Waals surface area contributed by atoms with Crippen molar-refractivity contribution in [2.75, 3.05) is 14.1 Å². The van der Waals surface area contributed by atoms with Gasteiger partial charge >= 0.3 is 0 Å². The van der Waals surface area contributed by atoms with Crippen molar-refractivity contribution in [3.05, 3.63) is 95.6 Å². The minimum Gasteiger partial charge on any atom is -0.339 e. The van der Waals surface area contributed by atoms with Crippen molar-refractivity contribution in [2.45, 2.75) is 52.9 Å². The fraction of sp³-hybridized carbons (Fsp3) is 0.357. The van der Waals surface area contributed by atoms with E-state index in [0.29, 0.717) is 24.2 Å². The number of hydrogen-bond donors (Lipinski definition) is 0. The van der Waals surface area contributed by atoms with Crippen molar-refractivity contribution in [1.82, 2.24) is 9.80 Å². The Morgan fingerprint density at radius 2 is 1.03 bits per heavy atom. The minimum atomic E-state index is 0.0250. The van der Waals surface area contributed by atoms with E-state index < -0.39 is 0 Å². The van der Waals surface area contributed by atoms with Crippen LogP contribution in [0.5, 0.6) is 0 Å². The van der Waals surface area contributed by atoms with Crippen LogP contribution in [0.2, 0.25) is 0 Å². The molecule has 0 N–H and O–H groups in total. The number of pyridine rings is 2. The molecule has 1 aromatic carbocycles. The van der Waals surface area contributed by atoms with Crippen LogP contribution in [0, 0.1) is 0 Å². The number of nitrogens with zero attached hydrogens (tertiary/aromatic N) is 4. The second kappa shape index (κ2) is 11.1. The standard InChI is InChI=1S/C28H36N4O2/c1-21(2)29(5)27(33)25-9-7-15-31(19-25)17-23-11-13-24(14-12-23)18-32-16-8-10-26(20-32)28(34)30(6)22(3)4/h7-16,19-22H,17-18H2,1-6H3/q+2. The van der Waals surface area contributed by atoms with E-state index in [0.717, 1.165) is 11.1 Å². The van der Waals surface area contributed by atoms with Crippen LogP contribution in [-0.4, -0.2) is 47.8 Å². The zero-order chi connectivity index (χ0) is 24.8. The summed E-state index contributed by atoms with van der Waals surface area (Å²) in [7, 11) is 3.66. The Labute approximate surface area is 203 Å². The third kappa shape index (κ3) is 6.28. The lowest BCUT2D eigenvalue weighted by molar-refractivity contribution is -0.689. The summed E-state index contributed by atoms with van der Waals surface area (Å²) in [5.74, 6) is 0.0500. The van der Waals surface area contributed by atoms with Gasteiger partial charge in [0.05, 0.1) is 0 Å². The molecule has 0 bridgehead atoms. The third-order valence-electron chi connectivity index (χ3n) is 6.15. The van der Waals surface area contributed by atoms with Gasteiger partial charge in [0.2, 0.25) is 0 Å². The number of benzene rings is 1. The van der Waals surface area contributed by atoms with Gasteiger partial charge in [0.25, 0.3) is 11.8 Å². The molecule has 0 saturated carbocycles. The summed E-state index contributed by atoms with van der Waals surface area (Å²) < 4.78 is 4.07. The Kier molecular flexibility index (Phi) is 8.16. The number of carbonyl (C=O) groups excluding carboxylic acids is 2. The molecule has 0 aliphatic rings. The summed E-state index contributed by atoms with van der Waals surface area (Å²) in [6.07, 6.45) is 7.77. The monoisotopic (exact) mass is 460 g/mol. The topological polar surface area (TPSA) is 48.4 Å². The van der Waals surface area contributed by atoms with Crippen LogP contribution in [0.15, 0.2) is 73.3 Å². The lowest BCUT2D eigenvalue weighted by Crippen LogP contribution is -2.38. The van der Waals surface area contributed by atoms with Crippen molar-refractivity contribution < 1.29 is 18.7 Å². The fourth-order valence-corrected chi connectivity index (χ4v) is 3.54. The van der Waals surface area contributed by atoms with Crippen LogP contribution >= 0.6 is 0 Å². The molecular formula is C28H36N4O2+2. The predicted octanol–water partition coefficient (Wildman–Crippen LogP) is 3.32. The van der Waals surface area contributed by atoms with Crippen LogP contribution in [0.3, 0.4) is 0 Å². The highest BCUT2D eigenvalue weighted by atomic mass is 16.2. The fourth-order valence-electron chi connectivity index (χ4n) is 3.54. The number of rotatable bonds is 8. The lowest BCUT2D eigenvalue weighted by atomic mass is 10.1. The summed E-state index contributed by atoms with van der Waals surface area (Å²) in [6, 6.07) is 16.3. The predicted molar refractivity (Wildman–Crippen MR) is 132 cm³/mol. The van der Waals surface area contributed by atoms with E-state index >= 15 is 0 Å². The Bertz CT molecular complexity index is 1050. The lowest BCUT2D eigenvalue weighted by Gasteiger charge is -2.20. The average Bonchev–Trinajstić information content (AvgIpc) is 2.83. The van der Waals surface area contributed by atoms with Gasteiger partial charge in [-0.1, -0.05) is 24.3 Å². The molecular weight excluding hydrogens is 424 g/mol.